The molecule has 0 saturated heterocycles. The number of rotatable bonds is 9. The van der Waals surface area contributed by atoms with Crippen molar-refractivity contribution in [2.75, 3.05) is 12.5 Å². The lowest BCUT2D eigenvalue weighted by Gasteiger charge is -2.27. The van der Waals surface area contributed by atoms with Crippen molar-refractivity contribution in [3.8, 4) is 0 Å². The normalized spacial score (nSPS) is 22.5. The summed E-state index contributed by atoms with van der Waals surface area (Å²) in [6.07, 6.45) is 0.621. The molecular formula is C17H25ClO7. The van der Waals surface area contributed by atoms with Crippen LogP contribution in [0.25, 0.3) is 0 Å². The molecule has 1 rings (SSSR count). The highest BCUT2D eigenvalue weighted by atomic mass is 35.5. The average Bonchev–Trinajstić information content (AvgIpc) is 2.58. The van der Waals surface area contributed by atoms with Gasteiger partial charge < -0.3 is 19.7 Å². The maximum atomic E-state index is 12.3. The maximum Gasteiger partial charge on any atom is 0.333 e. The molecule has 0 aromatic rings. The smallest absolute Gasteiger partial charge is 0.333 e. The molecule has 4 unspecified atom stereocenters. The second-order valence-corrected chi connectivity index (χ2v) is 6.63. The standard InChI is InChI=1S/C17H25ClO7/c1-10(2)16(22)25-12(7-11(19)8-18)9-24-17(23)14-6-4-3-5-13(14)15(20)21/h11-14,19H,1,3-9H2,2H3,(H,20,21). The number of carbonyl (C=O) groups is 3. The lowest BCUT2D eigenvalue weighted by Crippen LogP contribution is -2.36. The van der Waals surface area contributed by atoms with Gasteiger partial charge in [0.25, 0.3) is 0 Å². The Morgan fingerprint density at radius 3 is 2.36 bits per heavy atom. The van der Waals surface area contributed by atoms with Crippen LogP contribution in [0.3, 0.4) is 0 Å². The summed E-state index contributed by atoms with van der Waals surface area (Å²) in [4.78, 5) is 35.2. The van der Waals surface area contributed by atoms with Crippen LogP contribution in [0.2, 0.25) is 0 Å². The van der Waals surface area contributed by atoms with E-state index in [0.29, 0.717) is 12.8 Å². The number of esters is 2. The van der Waals surface area contributed by atoms with Crippen LogP contribution in [0.15, 0.2) is 12.2 Å². The van der Waals surface area contributed by atoms with Crippen LogP contribution < -0.4 is 0 Å². The van der Waals surface area contributed by atoms with Gasteiger partial charge in [-0.3, -0.25) is 9.59 Å². The predicted octanol–water partition coefficient (Wildman–Crippen LogP) is 1.90. The van der Waals surface area contributed by atoms with Crippen molar-refractivity contribution >= 4 is 29.5 Å². The summed E-state index contributed by atoms with van der Waals surface area (Å²) in [7, 11) is 0. The molecule has 4 atom stereocenters. The number of halogens is 1. The first kappa shape index (κ1) is 21.4. The first-order valence-electron chi connectivity index (χ1n) is 8.26. The van der Waals surface area contributed by atoms with Crippen LogP contribution in [-0.2, 0) is 23.9 Å². The average molecular weight is 377 g/mol. The molecule has 1 aliphatic carbocycles. The van der Waals surface area contributed by atoms with E-state index in [1.807, 2.05) is 0 Å². The van der Waals surface area contributed by atoms with E-state index in [1.54, 1.807) is 0 Å². The molecule has 7 nitrogen and oxygen atoms in total. The van der Waals surface area contributed by atoms with E-state index in [9.17, 15) is 24.6 Å². The topological polar surface area (TPSA) is 110 Å². The van der Waals surface area contributed by atoms with Gasteiger partial charge in [0.1, 0.15) is 12.7 Å². The van der Waals surface area contributed by atoms with E-state index in [0.717, 1.165) is 12.8 Å². The van der Waals surface area contributed by atoms with Crippen molar-refractivity contribution in [1.29, 1.82) is 0 Å². The number of hydrogen-bond acceptors (Lipinski definition) is 6. The number of hydrogen-bond donors (Lipinski definition) is 2. The molecule has 0 radical (unpaired) electrons. The number of aliphatic hydroxyl groups excluding tert-OH is 1. The summed E-state index contributed by atoms with van der Waals surface area (Å²) >= 11 is 5.55. The Hall–Kier alpha value is -1.60. The maximum absolute atomic E-state index is 12.3. The molecule has 0 aromatic carbocycles. The summed E-state index contributed by atoms with van der Waals surface area (Å²) in [6.45, 7) is 4.68. The Morgan fingerprint density at radius 2 is 1.84 bits per heavy atom. The molecular weight excluding hydrogens is 352 g/mol. The first-order valence-corrected chi connectivity index (χ1v) is 8.79. The molecule has 0 heterocycles. The van der Waals surface area contributed by atoms with Crippen molar-refractivity contribution in [3.05, 3.63) is 12.2 Å². The molecule has 0 bridgehead atoms. The monoisotopic (exact) mass is 376 g/mol. The third-order valence-corrected chi connectivity index (χ3v) is 4.49. The molecule has 1 saturated carbocycles. The number of alkyl halides is 1. The van der Waals surface area contributed by atoms with Crippen LogP contribution in [0, 0.1) is 11.8 Å². The second-order valence-electron chi connectivity index (χ2n) is 6.32. The van der Waals surface area contributed by atoms with Crippen molar-refractivity contribution in [1.82, 2.24) is 0 Å². The first-order chi connectivity index (χ1) is 11.8. The SMILES string of the molecule is C=C(C)C(=O)OC(COC(=O)C1CCCCC1C(=O)O)CC(O)CCl. The number of carboxylic acid groups (broad SMARTS) is 1. The zero-order valence-electron chi connectivity index (χ0n) is 14.3. The van der Waals surface area contributed by atoms with Gasteiger partial charge in [0, 0.05) is 17.9 Å². The number of aliphatic carboxylic acids is 1. The van der Waals surface area contributed by atoms with E-state index in [-0.39, 0.29) is 24.5 Å². The summed E-state index contributed by atoms with van der Waals surface area (Å²) in [5.74, 6) is -3.82. The van der Waals surface area contributed by atoms with Crippen LogP contribution in [-0.4, -0.2) is 52.8 Å². The molecule has 0 amide bonds. The Labute approximate surface area is 151 Å². The zero-order chi connectivity index (χ0) is 19.0. The van der Waals surface area contributed by atoms with Gasteiger partial charge in [-0.15, -0.1) is 11.6 Å². The summed E-state index contributed by atoms with van der Waals surface area (Å²) in [6, 6.07) is 0. The molecule has 0 spiro atoms. The van der Waals surface area contributed by atoms with Gasteiger partial charge in [-0.1, -0.05) is 19.4 Å². The molecule has 0 aromatic heterocycles. The summed E-state index contributed by atoms with van der Waals surface area (Å²) < 4.78 is 10.3. The van der Waals surface area contributed by atoms with Crippen molar-refractivity contribution < 1.29 is 34.1 Å². The molecule has 8 heteroatoms. The van der Waals surface area contributed by atoms with Gasteiger partial charge >= 0.3 is 17.9 Å². The molecule has 2 N–H and O–H groups in total. The van der Waals surface area contributed by atoms with Gasteiger partial charge in [-0.25, -0.2) is 4.79 Å². The third-order valence-electron chi connectivity index (χ3n) is 4.13. The van der Waals surface area contributed by atoms with Crippen molar-refractivity contribution in [2.24, 2.45) is 11.8 Å². The van der Waals surface area contributed by atoms with Crippen LogP contribution in [0.1, 0.15) is 39.0 Å². The van der Waals surface area contributed by atoms with Gasteiger partial charge in [0.05, 0.1) is 17.9 Å². The molecule has 1 fully saturated rings. The number of aliphatic hydroxyl groups is 1. The van der Waals surface area contributed by atoms with Gasteiger partial charge in [-0.05, 0) is 19.8 Å². The number of carboxylic acids is 1. The van der Waals surface area contributed by atoms with E-state index in [4.69, 9.17) is 21.1 Å². The Kier molecular flexibility index (Phi) is 8.92. The molecule has 1 aliphatic rings. The van der Waals surface area contributed by atoms with Gasteiger partial charge in [-0.2, -0.15) is 0 Å². The zero-order valence-corrected chi connectivity index (χ0v) is 15.0. The number of carbonyl (C=O) groups excluding carboxylic acids is 2. The predicted molar refractivity (Wildman–Crippen MR) is 90.1 cm³/mol. The lowest BCUT2D eigenvalue weighted by atomic mass is 9.79. The Bertz CT molecular complexity index is 505. The highest BCUT2D eigenvalue weighted by Crippen LogP contribution is 2.31. The molecule has 142 valence electrons. The lowest BCUT2D eigenvalue weighted by molar-refractivity contribution is -0.166. The quantitative estimate of drug-likeness (QED) is 0.359. The fourth-order valence-electron chi connectivity index (χ4n) is 2.76. The summed E-state index contributed by atoms with van der Waals surface area (Å²) in [5, 5.41) is 18.9. The van der Waals surface area contributed by atoms with Crippen molar-refractivity contribution in [3.63, 3.8) is 0 Å². The van der Waals surface area contributed by atoms with Crippen LogP contribution in [0.4, 0.5) is 0 Å². The Balaban J connectivity index is 2.66. The Morgan fingerprint density at radius 1 is 1.24 bits per heavy atom. The fraction of sp³-hybridized carbons (Fsp3) is 0.706. The van der Waals surface area contributed by atoms with Crippen LogP contribution >= 0.6 is 11.6 Å². The van der Waals surface area contributed by atoms with Crippen molar-refractivity contribution in [2.45, 2.75) is 51.2 Å². The largest absolute Gasteiger partial charge is 0.481 e. The molecule has 25 heavy (non-hydrogen) atoms. The minimum atomic E-state index is -1.01. The minimum absolute atomic E-state index is 0.00280. The minimum Gasteiger partial charge on any atom is -0.481 e. The highest BCUT2D eigenvalue weighted by molar-refractivity contribution is 6.18. The van der Waals surface area contributed by atoms with E-state index < -0.39 is 42.0 Å². The molecule has 0 aliphatic heterocycles. The van der Waals surface area contributed by atoms with E-state index in [1.165, 1.54) is 6.92 Å². The highest BCUT2D eigenvalue weighted by Gasteiger charge is 2.37. The fourth-order valence-corrected chi connectivity index (χ4v) is 2.89. The second kappa shape index (κ2) is 10.4. The summed E-state index contributed by atoms with van der Waals surface area (Å²) in [5.41, 5.74) is 0.176. The van der Waals surface area contributed by atoms with Crippen LogP contribution in [0.5, 0.6) is 0 Å². The van der Waals surface area contributed by atoms with Gasteiger partial charge in [0.15, 0.2) is 0 Å². The third kappa shape index (κ3) is 7.04. The van der Waals surface area contributed by atoms with E-state index >= 15 is 0 Å². The number of ether oxygens (including phenoxy) is 2. The van der Waals surface area contributed by atoms with E-state index in [2.05, 4.69) is 6.58 Å². The van der Waals surface area contributed by atoms with Gasteiger partial charge in [0.2, 0.25) is 0 Å².